The van der Waals surface area contributed by atoms with Crippen molar-refractivity contribution >= 4 is 16.2 Å². The second kappa shape index (κ2) is 8.70. The minimum atomic E-state index is -1.27. The molecule has 1 heterocycles. The van der Waals surface area contributed by atoms with Gasteiger partial charge in [-0.15, -0.1) is 0 Å². The topological polar surface area (TPSA) is 85.2 Å². The van der Waals surface area contributed by atoms with E-state index in [1.165, 1.54) is 0 Å². The predicted octanol–water partition coefficient (Wildman–Crippen LogP) is 0.908. The number of carbonyl (C=O) groups excluding carboxylic acids is 1. The zero-order chi connectivity index (χ0) is 19.3. The maximum Gasteiger partial charge on any atom is 0.378 e. The van der Waals surface area contributed by atoms with Gasteiger partial charge in [-0.05, 0) is 25.3 Å². The summed E-state index contributed by atoms with van der Waals surface area (Å²) < 4.78 is 17.0. The smallest absolute Gasteiger partial charge is 0.378 e. The van der Waals surface area contributed by atoms with Crippen molar-refractivity contribution < 1.29 is 29.2 Å². The van der Waals surface area contributed by atoms with Gasteiger partial charge in [0.25, 0.3) is 0 Å². The van der Waals surface area contributed by atoms with Gasteiger partial charge in [0.1, 0.15) is 18.3 Å². The van der Waals surface area contributed by atoms with Gasteiger partial charge < -0.3 is 24.4 Å². The van der Waals surface area contributed by atoms with Crippen LogP contribution in [0.2, 0.25) is 6.04 Å². The van der Waals surface area contributed by atoms with Crippen molar-refractivity contribution in [1.29, 1.82) is 0 Å². The molecule has 0 saturated carbocycles. The Balaban J connectivity index is 2.29. The van der Waals surface area contributed by atoms with E-state index in [9.17, 15) is 15.0 Å². The highest BCUT2D eigenvalue weighted by Gasteiger charge is 2.44. The second-order valence-corrected chi connectivity index (χ2v) is 7.87. The fourth-order valence-electron chi connectivity index (χ4n) is 2.63. The van der Waals surface area contributed by atoms with Gasteiger partial charge in [-0.3, -0.25) is 0 Å². The van der Waals surface area contributed by atoms with Gasteiger partial charge in [0.15, 0.2) is 11.9 Å². The molecule has 3 atom stereocenters. The van der Waals surface area contributed by atoms with Crippen LogP contribution in [0.4, 0.5) is 0 Å². The van der Waals surface area contributed by atoms with Crippen LogP contribution >= 0.6 is 0 Å². The fraction of sp³-hybridized carbons (Fsp3) is 0.526. The minimum absolute atomic E-state index is 0.0228. The monoisotopic (exact) mass is 380 g/mol. The lowest BCUT2D eigenvalue weighted by molar-refractivity contribution is -0.151. The molecule has 0 aromatic heterocycles. The van der Waals surface area contributed by atoms with Gasteiger partial charge in [0, 0.05) is 10.2 Å². The molecule has 2 N–H and O–H groups in total. The predicted molar refractivity (Wildman–Crippen MR) is 100 cm³/mol. The Bertz CT molecular complexity index is 643. The van der Waals surface area contributed by atoms with Crippen LogP contribution in [0.5, 0.6) is 0 Å². The number of ether oxygens (including phenoxy) is 3. The van der Waals surface area contributed by atoms with Crippen molar-refractivity contribution in [2.75, 3.05) is 6.61 Å². The zero-order valence-electron chi connectivity index (χ0n) is 15.8. The quantitative estimate of drug-likeness (QED) is 0.489. The molecular weight excluding hydrogens is 352 g/mol. The Morgan fingerprint density at radius 2 is 1.96 bits per heavy atom. The molecule has 1 aromatic rings. The standard InChI is InChI=1S/C19H28O6Si/c1-12(11-26)19(2,3)25-17-16(15(14(21)9-20)24-18(17)22)23-10-13-7-5-4-6-8-13/h4-8,12,14-15,20-21H,9-11H2,1-3,26H3. The number of rotatable bonds is 9. The molecular formula is C19H28O6Si. The van der Waals surface area contributed by atoms with E-state index in [2.05, 4.69) is 6.92 Å². The highest BCUT2D eigenvalue weighted by molar-refractivity contribution is 6.08. The van der Waals surface area contributed by atoms with Gasteiger partial charge in [-0.2, -0.15) is 0 Å². The van der Waals surface area contributed by atoms with Crippen molar-refractivity contribution in [3.63, 3.8) is 0 Å². The molecule has 0 bridgehead atoms. The number of esters is 1. The summed E-state index contributed by atoms with van der Waals surface area (Å²) in [6.45, 7) is 5.55. The second-order valence-electron chi connectivity index (χ2n) is 7.06. The molecule has 7 heteroatoms. The first-order chi connectivity index (χ1) is 12.3. The largest absolute Gasteiger partial charge is 0.485 e. The maximum atomic E-state index is 12.3. The van der Waals surface area contributed by atoms with Gasteiger partial charge in [0.05, 0.1) is 6.61 Å². The first kappa shape index (κ1) is 20.5. The maximum absolute atomic E-state index is 12.3. The van der Waals surface area contributed by atoms with Crippen LogP contribution < -0.4 is 0 Å². The van der Waals surface area contributed by atoms with Gasteiger partial charge in [-0.1, -0.05) is 43.3 Å². The van der Waals surface area contributed by atoms with Gasteiger partial charge >= 0.3 is 5.97 Å². The number of hydrogen-bond acceptors (Lipinski definition) is 6. The van der Waals surface area contributed by atoms with Gasteiger partial charge in [0.2, 0.25) is 5.76 Å². The van der Waals surface area contributed by atoms with Gasteiger partial charge in [-0.25, -0.2) is 4.79 Å². The molecule has 6 nitrogen and oxygen atoms in total. The summed E-state index contributed by atoms with van der Waals surface area (Å²) >= 11 is 0. The Labute approximate surface area is 157 Å². The molecule has 0 radical (unpaired) electrons. The van der Waals surface area contributed by atoms with Crippen LogP contribution in [0.15, 0.2) is 41.9 Å². The summed E-state index contributed by atoms with van der Waals surface area (Å²) in [6.07, 6.45) is -2.35. The molecule has 26 heavy (non-hydrogen) atoms. The Kier molecular flexibility index (Phi) is 6.85. The number of aliphatic hydroxyl groups is 2. The number of cyclic esters (lactones) is 1. The lowest BCUT2D eigenvalue weighted by atomic mass is 9.94. The minimum Gasteiger partial charge on any atom is -0.485 e. The Morgan fingerprint density at radius 3 is 2.54 bits per heavy atom. The van der Waals surface area contributed by atoms with E-state index in [4.69, 9.17) is 14.2 Å². The summed E-state index contributed by atoms with van der Waals surface area (Å²) in [5, 5.41) is 19.3. The molecule has 0 fully saturated rings. The number of aliphatic hydroxyl groups excluding tert-OH is 2. The van der Waals surface area contributed by atoms with Crippen LogP contribution in [0, 0.1) is 5.92 Å². The lowest BCUT2D eigenvalue weighted by Crippen LogP contribution is -2.34. The summed E-state index contributed by atoms with van der Waals surface area (Å²) in [5.41, 5.74) is 0.319. The number of carbonyl (C=O) groups is 1. The highest BCUT2D eigenvalue weighted by atomic mass is 28.1. The van der Waals surface area contributed by atoms with E-state index in [1.807, 2.05) is 44.2 Å². The SMILES string of the molecule is CC(C[SiH3])C(C)(C)OC1=C(OCc2ccccc2)C(C(O)CO)OC1=O. The third-order valence-electron chi connectivity index (χ3n) is 4.84. The third kappa shape index (κ3) is 4.66. The first-order valence-corrected chi connectivity index (χ1v) is 10.3. The molecule has 1 aliphatic heterocycles. The first-order valence-electron chi connectivity index (χ1n) is 8.90. The lowest BCUT2D eigenvalue weighted by Gasteiger charge is -2.32. The van der Waals surface area contributed by atoms with Crippen LogP contribution in [-0.2, 0) is 25.6 Å². The Morgan fingerprint density at radius 1 is 1.31 bits per heavy atom. The molecule has 0 amide bonds. The van der Waals surface area contributed by atoms with E-state index < -0.39 is 30.4 Å². The van der Waals surface area contributed by atoms with Crippen LogP contribution in [0.3, 0.4) is 0 Å². The summed E-state index contributed by atoms with van der Waals surface area (Å²) in [4.78, 5) is 12.3. The molecule has 0 spiro atoms. The molecule has 3 unspecified atom stereocenters. The third-order valence-corrected chi connectivity index (χ3v) is 6.06. The van der Waals surface area contributed by atoms with Crippen LogP contribution in [0.1, 0.15) is 26.3 Å². The van der Waals surface area contributed by atoms with Crippen molar-refractivity contribution in [2.24, 2.45) is 5.92 Å². The molecule has 144 valence electrons. The fourth-order valence-corrected chi connectivity index (χ4v) is 3.61. The molecule has 0 aliphatic carbocycles. The van der Waals surface area contributed by atoms with E-state index >= 15 is 0 Å². The molecule has 0 saturated heterocycles. The Hall–Kier alpha value is -1.83. The van der Waals surface area contributed by atoms with Crippen LogP contribution in [0.25, 0.3) is 0 Å². The van der Waals surface area contributed by atoms with E-state index in [1.54, 1.807) is 0 Å². The van der Waals surface area contributed by atoms with Crippen molar-refractivity contribution in [3.8, 4) is 0 Å². The number of hydrogen-bond donors (Lipinski definition) is 2. The summed E-state index contributed by atoms with van der Waals surface area (Å²) in [7, 11) is 1.02. The normalized spacial score (nSPS) is 20.0. The molecule has 1 aromatic carbocycles. The van der Waals surface area contributed by atoms with Crippen LogP contribution in [-0.4, -0.2) is 50.8 Å². The van der Waals surface area contributed by atoms with Crippen molar-refractivity contribution in [2.45, 2.75) is 51.2 Å². The van der Waals surface area contributed by atoms with Crippen molar-refractivity contribution in [1.82, 2.24) is 0 Å². The molecule has 2 rings (SSSR count). The number of benzene rings is 1. The average molecular weight is 381 g/mol. The van der Waals surface area contributed by atoms with E-state index in [-0.39, 0.29) is 24.0 Å². The zero-order valence-corrected chi connectivity index (χ0v) is 17.8. The summed E-state index contributed by atoms with van der Waals surface area (Å²) in [6, 6.07) is 10.5. The highest BCUT2D eigenvalue weighted by Crippen LogP contribution is 2.34. The summed E-state index contributed by atoms with van der Waals surface area (Å²) in [5.74, 6) is -0.328. The molecule has 1 aliphatic rings. The van der Waals surface area contributed by atoms with E-state index in [0.29, 0.717) is 0 Å². The van der Waals surface area contributed by atoms with Crippen molar-refractivity contribution in [3.05, 3.63) is 47.4 Å². The van der Waals surface area contributed by atoms with E-state index in [0.717, 1.165) is 21.9 Å². The average Bonchev–Trinajstić information content (AvgIpc) is 2.94.